The normalized spacial score (nSPS) is 17.9. The number of anilines is 1. The second kappa shape index (κ2) is 8.50. The summed E-state index contributed by atoms with van der Waals surface area (Å²) in [4.78, 5) is 13.7. The van der Waals surface area contributed by atoms with Crippen LogP contribution in [0.1, 0.15) is 17.7 Å². The minimum Gasteiger partial charge on any atom is -0.497 e. The Morgan fingerprint density at radius 3 is 2.43 bits per heavy atom. The number of hydrogen-bond acceptors (Lipinski definition) is 6. The summed E-state index contributed by atoms with van der Waals surface area (Å²) < 4.78 is 37.9. The van der Waals surface area contributed by atoms with E-state index < -0.39 is 15.9 Å². The van der Waals surface area contributed by atoms with E-state index in [0.29, 0.717) is 40.8 Å². The monoisotopic (exact) mass is 424 g/mol. The first-order chi connectivity index (χ1) is 13.3. The molecule has 0 radical (unpaired) electrons. The molecule has 0 aliphatic carbocycles. The molecule has 2 aromatic rings. The molecule has 1 aromatic heterocycles. The number of nitrogens with zero attached hydrogens (tertiary/aromatic N) is 1. The van der Waals surface area contributed by atoms with Crippen molar-refractivity contribution in [1.29, 1.82) is 0 Å². The predicted molar refractivity (Wildman–Crippen MR) is 109 cm³/mol. The first kappa shape index (κ1) is 20.6. The molecule has 0 unspecified atom stereocenters. The Morgan fingerprint density at radius 2 is 1.86 bits per heavy atom. The van der Waals surface area contributed by atoms with Crippen molar-refractivity contribution in [3.05, 3.63) is 35.2 Å². The van der Waals surface area contributed by atoms with Crippen molar-refractivity contribution < 1.29 is 22.7 Å². The number of amides is 1. The molecule has 152 valence electrons. The zero-order chi connectivity index (χ0) is 20.3. The van der Waals surface area contributed by atoms with Crippen LogP contribution in [-0.4, -0.2) is 45.9 Å². The highest BCUT2D eigenvalue weighted by molar-refractivity contribution is 7.91. The summed E-state index contributed by atoms with van der Waals surface area (Å²) >= 11 is 1.25. The number of ether oxygens (including phenoxy) is 2. The van der Waals surface area contributed by atoms with Crippen LogP contribution in [0.4, 0.5) is 5.69 Å². The number of thiophene rings is 1. The third kappa shape index (κ3) is 4.48. The molecule has 0 bridgehead atoms. The lowest BCUT2D eigenvalue weighted by atomic mass is 9.98. The Kier molecular flexibility index (Phi) is 6.26. The van der Waals surface area contributed by atoms with Gasteiger partial charge in [-0.1, -0.05) is 0 Å². The highest BCUT2D eigenvalue weighted by Crippen LogP contribution is 2.30. The molecular formula is C19H24N2O5S2. The van der Waals surface area contributed by atoms with Gasteiger partial charge < -0.3 is 14.8 Å². The molecule has 3 rings (SSSR count). The SMILES string of the molecule is COc1cc(NC(=O)[C@H]2CCCN(S(=O)(=O)c3ccc(C)s3)C2)cc(OC)c1. The molecule has 1 atom stereocenters. The van der Waals surface area contributed by atoms with Gasteiger partial charge in [0.15, 0.2) is 0 Å². The standard InChI is InChI=1S/C19H24N2O5S2/c1-13-6-7-18(27-13)28(23,24)21-8-4-5-14(12-21)19(22)20-15-9-16(25-2)11-17(10-15)26-3/h6-7,9-11,14H,4-5,8,12H2,1-3H3,(H,20,22)/t14-/m0/s1. The van der Waals surface area contributed by atoms with Crippen LogP contribution in [-0.2, 0) is 14.8 Å². The number of aryl methyl sites for hydroxylation is 1. The Labute approximate surface area is 169 Å². The smallest absolute Gasteiger partial charge is 0.252 e. The first-order valence-electron chi connectivity index (χ1n) is 8.94. The molecule has 1 aliphatic heterocycles. The summed E-state index contributed by atoms with van der Waals surface area (Å²) in [6, 6.07) is 8.54. The summed E-state index contributed by atoms with van der Waals surface area (Å²) in [7, 11) is -0.494. The van der Waals surface area contributed by atoms with Crippen molar-refractivity contribution in [2.24, 2.45) is 5.92 Å². The van der Waals surface area contributed by atoms with E-state index in [1.807, 2.05) is 6.92 Å². The molecule has 1 saturated heterocycles. The van der Waals surface area contributed by atoms with E-state index in [1.165, 1.54) is 29.9 Å². The number of carbonyl (C=O) groups excluding carboxylic acids is 1. The van der Waals surface area contributed by atoms with E-state index in [9.17, 15) is 13.2 Å². The van der Waals surface area contributed by atoms with Gasteiger partial charge in [0, 0.05) is 41.9 Å². The summed E-state index contributed by atoms with van der Waals surface area (Å²) in [6.45, 7) is 2.47. The van der Waals surface area contributed by atoms with Gasteiger partial charge in [-0.3, -0.25) is 4.79 Å². The van der Waals surface area contributed by atoms with Crippen molar-refractivity contribution in [1.82, 2.24) is 4.31 Å². The van der Waals surface area contributed by atoms with Gasteiger partial charge in [0.25, 0.3) is 10.0 Å². The number of benzene rings is 1. The highest BCUT2D eigenvalue weighted by atomic mass is 32.2. The molecule has 0 spiro atoms. The summed E-state index contributed by atoms with van der Waals surface area (Å²) in [5.41, 5.74) is 0.551. The fourth-order valence-electron chi connectivity index (χ4n) is 3.18. The lowest BCUT2D eigenvalue weighted by Crippen LogP contribution is -2.43. The van der Waals surface area contributed by atoms with Crippen LogP contribution < -0.4 is 14.8 Å². The molecule has 7 nitrogen and oxygen atoms in total. The number of nitrogens with one attached hydrogen (secondary N) is 1. The van der Waals surface area contributed by atoms with Gasteiger partial charge in [-0.25, -0.2) is 8.42 Å². The maximum atomic E-state index is 12.9. The summed E-state index contributed by atoms with van der Waals surface area (Å²) in [6.07, 6.45) is 1.28. The molecule has 28 heavy (non-hydrogen) atoms. The maximum Gasteiger partial charge on any atom is 0.252 e. The Hall–Kier alpha value is -2.10. The van der Waals surface area contributed by atoms with Crippen molar-refractivity contribution in [3.8, 4) is 11.5 Å². The molecule has 1 aliphatic rings. The van der Waals surface area contributed by atoms with E-state index in [-0.39, 0.29) is 12.5 Å². The van der Waals surface area contributed by atoms with Crippen LogP contribution in [0.15, 0.2) is 34.5 Å². The predicted octanol–water partition coefficient (Wildman–Crippen LogP) is 3.11. The Balaban J connectivity index is 1.73. The molecule has 1 N–H and O–H groups in total. The first-order valence-corrected chi connectivity index (χ1v) is 11.2. The molecular weight excluding hydrogens is 400 g/mol. The van der Waals surface area contributed by atoms with E-state index in [0.717, 1.165) is 4.88 Å². The van der Waals surface area contributed by atoms with Gasteiger partial charge in [-0.15, -0.1) is 11.3 Å². The van der Waals surface area contributed by atoms with Crippen molar-refractivity contribution in [2.75, 3.05) is 32.6 Å². The number of carbonyl (C=O) groups is 1. The van der Waals surface area contributed by atoms with Gasteiger partial charge in [-0.2, -0.15) is 4.31 Å². The molecule has 1 aromatic carbocycles. The number of piperidine rings is 1. The third-order valence-electron chi connectivity index (χ3n) is 4.68. The molecule has 0 saturated carbocycles. The zero-order valence-corrected chi connectivity index (χ0v) is 17.7. The van der Waals surface area contributed by atoms with Gasteiger partial charge >= 0.3 is 0 Å². The van der Waals surface area contributed by atoms with Gasteiger partial charge in [-0.05, 0) is 31.9 Å². The maximum absolute atomic E-state index is 12.9. The minimum absolute atomic E-state index is 0.173. The quantitative estimate of drug-likeness (QED) is 0.770. The number of rotatable bonds is 6. The lowest BCUT2D eigenvalue weighted by molar-refractivity contribution is -0.120. The highest BCUT2D eigenvalue weighted by Gasteiger charge is 2.34. The van der Waals surface area contributed by atoms with Crippen LogP contribution in [0.25, 0.3) is 0 Å². The number of methoxy groups -OCH3 is 2. The molecule has 9 heteroatoms. The van der Waals surface area contributed by atoms with E-state index in [1.54, 1.807) is 30.3 Å². The Morgan fingerprint density at radius 1 is 1.18 bits per heavy atom. The van der Waals surface area contributed by atoms with E-state index in [2.05, 4.69) is 5.32 Å². The van der Waals surface area contributed by atoms with Crippen LogP contribution in [0, 0.1) is 12.8 Å². The second-order valence-electron chi connectivity index (χ2n) is 6.66. The Bertz CT molecular complexity index is 933. The largest absolute Gasteiger partial charge is 0.497 e. The van der Waals surface area contributed by atoms with Crippen molar-refractivity contribution in [3.63, 3.8) is 0 Å². The number of sulfonamides is 1. The van der Waals surface area contributed by atoms with Crippen LogP contribution in [0.5, 0.6) is 11.5 Å². The van der Waals surface area contributed by atoms with E-state index in [4.69, 9.17) is 9.47 Å². The van der Waals surface area contributed by atoms with Crippen molar-refractivity contribution in [2.45, 2.75) is 24.0 Å². The number of hydrogen-bond donors (Lipinski definition) is 1. The summed E-state index contributed by atoms with van der Waals surface area (Å²) in [5.74, 6) is 0.505. The molecule has 1 fully saturated rings. The molecule has 1 amide bonds. The average Bonchev–Trinajstić information content (AvgIpc) is 3.15. The minimum atomic E-state index is -3.57. The van der Waals surface area contributed by atoms with Gasteiger partial charge in [0.1, 0.15) is 15.7 Å². The zero-order valence-electron chi connectivity index (χ0n) is 16.1. The van der Waals surface area contributed by atoms with Crippen LogP contribution in [0.2, 0.25) is 0 Å². The van der Waals surface area contributed by atoms with Crippen LogP contribution >= 0.6 is 11.3 Å². The topological polar surface area (TPSA) is 84.9 Å². The van der Waals surface area contributed by atoms with Gasteiger partial charge in [0.05, 0.1) is 20.1 Å². The van der Waals surface area contributed by atoms with Crippen LogP contribution in [0.3, 0.4) is 0 Å². The fraction of sp³-hybridized carbons (Fsp3) is 0.421. The molecule has 2 heterocycles. The average molecular weight is 425 g/mol. The third-order valence-corrected chi connectivity index (χ3v) is 8.02. The van der Waals surface area contributed by atoms with Crippen molar-refractivity contribution >= 4 is 33.0 Å². The fourth-order valence-corrected chi connectivity index (χ4v) is 6.14. The summed E-state index contributed by atoms with van der Waals surface area (Å²) in [5, 5.41) is 2.86. The van der Waals surface area contributed by atoms with Gasteiger partial charge in [0.2, 0.25) is 5.91 Å². The van der Waals surface area contributed by atoms with E-state index >= 15 is 0 Å². The second-order valence-corrected chi connectivity index (χ2v) is 10.1. The lowest BCUT2D eigenvalue weighted by Gasteiger charge is -2.30.